The average Bonchev–Trinajstić information content (AvgIpc) is 3.62. The van der Waals surface area contributed by atoms with Gasteiger partial charge in [-0.2, -0.15) is 22.7 Å². The van der Waals surface area contributed by atoms with Crippen molar-refractivity contribution in [1.29, 1.82) is 0 Å². The lowest BCUT2D eigenvalue weighted by Crippen LogP contribution is -1.78. The molecule has 0 saturated carbocycles. The van der Waals surface area contributed by atoms with Crippen molar-refractivity contribution >= 4 is 62.5 Å². The van der Waals surface area contributed by atoms with Crippen molar-refractivity contribution in [3.63, 3.8) is 0 Å². The molecule has 0 bridgehead atoms. The highest BCUT2D eigenvalue weighted by molar-refractivity contribution is 7.64. The summed E-state index contributed by atoms with van der Waals surface area (Å²) in [5.41, 5.74) is 2.67. The van der Waals surface area contributed by atoms with Crippen molar-refractivity contribution in [2.24, 2.45) is 0 Å². The zero-order chi connectivity index (χ0) is 21.8. The Balaban J connectivity index is 1.82. The second-order valence-electron chi connectivity index (χ2n) is 8.25. The highest BCUT2D eigenvalue weighted by atomic mass is 32.1. The second kappa shape index (κ2) is 7.71. The lowest BCUT2D eigenvalue weighted by molar-refractivity contribution is 1.71. The van der Waals surface area contributed by atoms with E-state index in [0.29, 0.717) is 0 Å². The maximum absolute atomic E-state index is 2.36. The predicted molar refractivity (Wildman–Crippen MR) is 150 cm³/mol. The zero-order valence-corrected chi connectivity index (χ0v) is 20.3. The molecule has 0 unspecified atom stereocenters. The van der Waals surface area contributed by atoms with Gasteiger partial charge in [0.15, 0.2) is 0 Å². The van der Waals surface area contributed by atoms with Crippen LogP contribution < -0.4 is 0 Å². The minimum Gasteiger partial charge on any atom is -0.151 e. The summed E-state index contributed by atoms with van der Waals surface area (Å²) >= 11 is 3.64. The highest BCUT2D eigenvalue weighted by Crippen LogP contribution is 2.64. The van der Waals surface area contributed by atoms with E-state index in [0.717, 1.165) is 0 Å². The maximum atomic E-state index is 2.36. The number of hydrogen-bond acceptors (Lipinski definition) is 2. The average molecular weight is 475 g/mol. The molecule has 0 fully saturated rings. The van der Waals surface area contributed by atoms with Gasteiger partial charge in [0.1, 0.15) is 0 Å². The van der Waals surface area contributed by atoms with Gasteiger partial charge in [-0.15, -0.1) is 0 Å². The number of fused-ring (bicyclic) bond motifs is 6. The van der Waals surface area contributed by atoms with Crippen molar-refractivity contribution < 1.29 is 0 Å². The van der Waals surface area contributed by atoms with Crippen LogP contribution in [-0.4, -0.2) is 0 Å². The molecule has 3 heterocycles. The van der Waals surface area contributed by atoms with Crippen LogP contribution in [0.2, 0.25) is 0 Å². The molecule has 0 aliphatic carbocycles. The maximum Gasteiger partial charge on any atom is 0.0148 e. The third-order valence-electron chi connectivity index (χ3n) is 6.43. The van der Waals surface area contributed by atoms with Gasteiger partial charge in [-0.25, -0.2) is 0 Å². The summed E-state index contributed by atoms with van der Waals surface area (Å²) in [6, 6.07) is 33.3. The van der Waals surface area contributed by atoms with E-state index in [1.54, 1.807) is 0 Å². The molecule has 33 heavy (non-hydrogen) atoms. The summed E-state index contributed by atoms with van der Waals surface area (Å²) in [6.45, 7) is 0. The molecular formula is C30H19PS2. The molecule has 7 aromatic rings. The summed E-state index contributed by atoms with van der Waals surface area (Å²) in [6.07, 6.45) is 0. The van der Waals surface area contributed by atoms with Crippen LogP contribution in [0.25, 0.3) is 59.3 Å². The Morgan fingerprint density at radius 3 is 1.27 bits per heavy atom. The standard InChI is InChI=1S/C30H19PS2/c1-4-10-20(11-5-1)29-27-25-18-32-16-23(25)24-17-33-19-26(24)28(27)30(21-12-6-2-7-13-21)31(29)22-14-8-3-9-15-22/h1-19H. The Kier molecular flexibility index (Phi) is 4.52. The van der Waals surface area contributed by atoms with Crippen LogP contribution in [-0.2, 0) is 0 Å². The Morgan fingerprint density at radius 2 is 0.818 bits per heavy atom. The molecule has 4 aromatic carbocycles. The minimum atomic E-state index is -0.713. The molecule has 0 aliphatic rings. The summed E-state index contributed by atoms with van der Waals surface area (Å²) in [5.74, 6) is 0. The monoisotopic (exact) mass is 474 g/mol. The number of thiophene rings is 2. The third kappa shape index (κ3) is 2.89. The van der Waals surface area contributed by atoms with Crippen LogP contribution in [0.15, 0.2) is 113 Å². The highest BCUT2D eigenvalue weighted by Gasteiger charge is 2.26. The summed E-state index contributed by atoms with van der Waals surface area (Å²) in [4.78, 5) is 0. The molecule has 3 heteroatoms. The van der Waals surface area contributed by atoms with Crippen LogP contribution in [0.4, 0.5) is 0 Å². The van der Waals surface area contributed by atoms with Crippen molar-refractivity contribution in [3.8, 4) is 27.0 Å². The van der Waals surface area contributed by atoms with E-state index < -0.39 is 7.53 Å². The van der Waals surface area contributed by atoms with Gasteiger partial charge < -0.3 is 0 Å². The fraction of sp³-hybridized carbons (Fsp3) is 0. The Bertz CT molecular complexity index is 1630. The Morgan fingerprint density at radius 1 is 0.424 bits per heavy atom. The molecule has 0 amide bonds. The van der Waals surface area contributed by atoms with E-state index in [1.165, 1.54) is 59.3 Å². The normalized spacial score (nSPS) is 11.6. The number of rotatable bonds is 3. The van der Waals surface area contributed by atoms with E-state index >= 15 is 0 Å². The van der Waals surface area contributed by atoms with Crippen LogP contribution in [0.3, 0.4) is 0 Å². The topological polar surface area (TPSA) is 0 Å². The Labute approximate surface area is 201 Å². The van der Waals surface area contributed by atoms with E-state index in [-0.39, 0.29) is 0 Å². The molecular weight excluding hydrogens is 455 g/mol. The lowest BCUT2D eigenvalue weighted by atomic mass is 9.97. The summed E-state index contributed by atoms with van der Waals surface area (Å²) in [5, 5.41) is 22.2. The van der Waals surface area contributed by atoms with Gasteiger partial charge in [-0.1, -0.05) is 98.5 Å². The molecule has 3 aromatic heterocycles. The van der Waals surface area contributed by atoms with E-state index in [2.05, 4.69) is 113 Å². The van der Waals surface area contributed by atoms with Gasteiger partial charge in [-0.3, -0.25) is 0 Å². The molecule has 0 aliphatic heterocycles. The first kappa shape index (κ1) is 19.3. The molecule has 0 spiro atoms. The van der Waals surface area contributed by atoms with Crippen LogP contribution in [0.1, 0.15) is 0 Å². The molecule has 7 rings (SSSR count). The fourth-order valence-corrected chi connectivity index (χ4v) is 9.68. The smallest absolute Gasteiger partial charge is 0.0148 e. The van der Waals surface area contributed by atoms with E-state index in [1.807, 2.05) is 22.7 Å². The van der Waals surface area contributed by atoms with Crippen molar-refractivity contribution in [2.45, 2.75) is 0 Å². The zero-order valence-electron chi connectivity index (χ0n) is 17.7. The van der Waals surface area contributed by atoms with Crippen molar-refractivity contribution in [3.05, 3.63) is 113 Å². The van der Waals surface area contributed by atoms with Crippen molar-refractivity contribution in [2.75, 3.05) is 0 Å². The van der Waals surface area contributed by atoms with Gasteiger partial charge in [0.25, 0.3) is 0 Å². The first-order valence-electron chi connectivity index (χ1n) is 11.0. The van der Waals surface area contributed by atoms with E-state index in [4.69, 9.17) is 0 Å². The fourth-order valence-electron chi connectivity index (χ4n) is 5.07. The molecule has 0 saturated heterocycles. The summed E-state index contributed by atoms with van der Waals surface area (Å²) < 4.78 is 0. The molecule has 0 atom stereocenters. The second-order valence-corrected chi connectivity index (χ2v) is 11.8. The van der Waals surface area contributed by atoms with Crippen LogP contribution in [0.5, 0.6) is 0 Å². The van der Waals surface area contributed by atoms with Crippen molar-refractivity contribution in [1.82, 2.24) is 0 Å². The van der Waals surface area contributed by atoms with E-state index in [9.17, 15) is 0 Å². The Hall–Kier alpha value is -3.16. The predicted octanol–water partition coefficient (Wildman–Crippen LogP) is 10.6. The molecule has 0 N–H and O–H groups in total. The van der Waals surface area contributed by atoms with Gasteiger partial charge >= 0.3 is 0 Å². The van der Waals surface area contributed by atoms with Gasteiger partial charge in [0, 0.05) is 42.9 Å². The minimum absolute atomic E-state index is 0.713. The number of benzene rings is 4. The molecule has 156 valence electrons. The van der Waals surface area contributed by atoms with Crippen LogP contribution in [0, 0.1) is 0 Å². The van der Waals surface area contributed by atoms with Gasteiger partial charge in [0.2, 0.25) is 0 Å². The first-order valence-corrected chi connectivity index (χ1v) is 14.2. The molecule has 0 radical (unpaired) electrons. The third-order valence-corrected chi connectivity index (χ3v) is 10.6. The van der Waals surface area contributed by atoms with Crippen LogP contribution >= 0.6 is 30.2 Å². The largest absolute Gasteiger partial charge is 0.151 e. The van der Waals surface area contributed by atoms with Gasteiger partial charge in [-0.05, 0) is 38.0 Å². The van der Waals surface area contributed by atoms with Gasteiger partial charge in [0.05, 0.1) is 0 Å². The lowest BCUT2D eigenvalue weighted by Gasteiger charge is -2.11. The number of hydrogen-bond donors (Lipinski definition) is 0. The molecule has 0 nitrogen and oxygen atoms in total. The summed E-state index contributed by atoms with van der Waals surface area (Å²) in [7, 11) is -0.713. The SMILES string of the molecule is c1ccc(-c2c3c4cscc4c4cscc4c3c(-c3ccccc3)p2-c2ccccc2)cc1. The quantitative estimate of drug-likeness (QED) is 0.239. The first-order chi connectivity index (χ1) is 16.4.